The molecule has 2 aliphatic rings. The number of anilines is 1. The molecular weight excluding hydrogens is 455 g/mol. The Hall–Kier alpha value is -3.41. The van der Waals surface area contributed by atoms with Crippen LogP contribution in [0.5, 0.6) is 11.6 Å². The maximum Gasteiger partial charge on any atom is 0.263 e. The lowest BCUT2D eigenvalue weighted by atomic mass is 10.1. The molecule has 5 heterocycles. The van der Waals surface area contributed by atoms with Crippen molar-refractivity contribution in [1.29, 1.82) is 0 Å². The second kappa shape index (κ2) is 10.1. The first-order valence-electron chi connectivity index (χ1n) is 11.4. The van der Waals surface area contributed by atoms with Crippen LogP contribution in [0, 0.1) is 5.82 Å². The number of nitrogens with zero attached hydrogens (tertiary/aromatic N) is 4. The predicted molar refractivity (Wildman–Crippen MR) is 126 cm³/mol. The summed E-state index contributed by atoms with van der Waals surface area (Å²) in [6.07, 6.45) is 1.68. The maximum atomic E-state index is 14.6. The average Bonchev–Trinajstić information content (AvgIpc) is 3.33. The molecule has 2 unspecified atom stereocenters. The Kier molecular flexibility index (Phi) is 6.71. The highest BCUT2D eigenvalue weighted by Gasteiger charge is 2.31. The van der Waals surface area contributed by atoms with Crippen molar-refractivity contribution in [2.45, 2.75) is 25.0 Å². The first-order valence-corrected chi connectivity index (χ1v) is 11.4. The number of carbonyl (C=O) groups is 1. The zero-order chi connectivity index (χ0) is 24.4. The van der Waals surface area contributed by atoms with Crippen molar-refractivity contribution in [2.24, 2.45) is 0 Å². The highest BCUT2D eigenvalue weighted by atomic mass is 19.1. The summed E-state index contributed by atoms with van der Waals surface area (Å²) in [5.41, 5.74) is 2.46. The number of rotatable bonds is 8. The fourth-order valence-corrected chi connectivity index (χ4v) is 4.45. The van der Waals surface area contributed by atoms with E-state index in [-0.39, 0.29) is 30.4 Å². The van der Waals surface area contributed by atoms with Gasteiger partial charge in [0.25, 0.3) is 5.91 Å². The molecule has 184 valence electrons. The number of likely N-dealkylation sites (N-methyl/N-ethyl adjacent to an activating group) is 1. The fourth-order valence-electron chi connectivity index (χ4n) is 4.45. The van der Waals surface area contributed by atoms with Crippen LogP contribution < -0.4 is 20.1 Å². The van der Waals surface area contributed by atoms with E-state index in [1.54, 1.807) is 12.1 Å². The van der Waals surface area contributed by atoms with Gasteiger partial charge in [-0.3, -0.25) is 14.7 Å². The van der Waals surface area contributed by atoms with Gasteiger partial charge in [0.05, 0.1) is 49.3 Å². The van der Waals surface area contributed by atoms with Crippen LogP contribution in [0.25, 0.3) is 11.0 Å². The van der Waals surface area contributed by atoms with Crippen LogP contribution in [0.3, 0.4) is 0 Å². The molecule has 2 N–H and O–H groups in total. The zero-order valence-corrected chi connectivity index (χ0v) is 19.6. The van der Waals surface area contributed by atoms with Gasteiger partial charge in [-0.15, -0.1) is 0 Å². The Labute approximate surface area is 201 Å². The number of carbonyl (C=O) groups excluding carboxylic acids is 1. The van der Waals surface area contributed by atoms with Crippen molar-refractivity contribution < 1.29 is 23.4 Å². The Balaban J connectivity index is 1.22. The number of hydrogen-bond donors (Lipinski definition) is 2. The molecule has 3 aromatic rings. The number of fused-ring (bicyclic) bond motifs is 2. The lowest BCUT2D eigenvalue weighted by molar-refractivity contribution is -0.118. The molecular formula is C24H27FN6O4. The molecule has 0 aliphatic carbocycles. The average molecular weight is 483 g/mol. The van der Waals surface area contributed by atoms with Crippen LogP contribution >= 0.6 is 0 Å². The highest BCUT2D eigenvalue weighted by Crippen LogP contribution is 2.26. The summed E-state index contributed by atoms with van der Waals surface area (Å²) in [4.78, 5) is 26.8. The highest BCUT2D eigenvalue weighted by molar-refractivity contribution is 5.94. The van der Waals surface area contributed by atoms with Crippen molar-refractivity contribution >= 4 is 22.8 Å². The number of aromatic nitrogens is 3. The van der Waals surface area contributed by atoms with E-state index in [4.69, 9.17) is 14.2 Å². The summed E-state index contributed by atoms with van der Waals surface area (Å²) >= 11 is 0. The van der Waals surface area contributed by atoms with Crippen molar-refractivity contribution in [3.63, 3.8) is 0 Å². The largest absolute Gasteiger partial charge is 0.481 e. The zero-order valence-electron chi connectivity index (χ0n) is 19.6. The Bertz CT molecular complexity index is 1240. The topological polar surface area (TPSA) is 111 Å². The minimum atomic E-state index is -0.383. The minimum absolute atomic E-state index is 0.00346. The van der Waals surface area contributed by atoms with Gasteiger partial charge in [-0.1, -0.05) is 0 Å². The first kappa shape index (κ1) is 23.3. The first-order chi connectivity index (χ1) is 17.0. The van der Waals surface area contributed by atoms with E-state index in [9.17, 15) is 9.18 Å². The van der Waals surface area contributed by atoms with Gasteiger partial charge >= 0.3 is 0 Å². The number of halogens is 1. The molecule has 10 nitrogen and oxygen atoms in total. The summed E-state index contributed by atoms with van der Waals surface area (Å²) in [5, 5.41) is 6.25. The van der Waals surface area contributed by atoms with E-state index in [2.05, 4.69) is 30.5 Å². The van der Waals surface area contributed by atoms with E-state index < -0.39 is 0 Å². The molecule has 1 saturated heterocycles. The third-order valence-electron chi connectivity index (χ3n) is 6.29. The molecule has 0 aromatic carbocycles. The van der Waals surface area contributed by atoms with E-state index in [1.165, 1.54) is 13.3 Å². The van der Waals surface area contributed by atoms with Gasteiger partial charge in [0.1, 0.15) is 5.82 Å². The Morgan fingerprint density at radius 3 is 3.00 bits per heavy atom. The molecule has 0 radical (unpaired) electrons. The van der Waals surface area contributed by atoms with Crippen LogP contribution in [-0.4, -0.2) is 78.4 Å². The molecule has 0 saturated carbocycles. The summed E-state index contributed by atoms with van der Waals surface area (Å²) in [6, 6.07) is 7.38. The molecule has 2 atom stereocenters. The molecule has 0 bridgehead atoms. The van der Waals surface area contributed by atoms with Gasteiger partial charge in [-0.25, -0.2) is 14.4 Å². The number of hydrogen-bond acceptors (Lipinski definition) is 9. The summed E-state index contributed by atoms with van der Waals surface area (Å²) in [6.45, 7) is 2.26. The lowest BCUT2D eigenvalue weighted by Gasteiger charge is -2.29. The quantitative estimate of drug-likeness (QED) is 0.494. The van der Waals surface area contributed by atoms with Crippen molar-refractivity contribution in [1.82, 2.24) is 25.2 Å². The SMILES string of the molecule is COc1ccc2ncc(F)c(CCNC3COCC3N(C)Cc3ccc4c(n3)NC(=O)CO4)c2n1. The number of nitrogens with one attached hydrogen (secondary N) is 2. The third kappa shape index (κ3) is 5.02. The Morgan fingerprint density at radius 2 is 2.14 bits per heavy atom. The van der Waals surface area contributed by atoms with E-state index >= 15 is 0 Å². The second-order valence-electron chi connectivity index (χ2n) is 8.62. The summed E-state index contributed by atoms with van der Waals surface area (Å²) < 4.78 is 30.9. The molecule has 1 fully saturated rings. The molecule has 3 aromatic heterocycles. The van der Waals surface area contributed by atoms with Gasteiger partial charge in [-0.05, 0) is 38.2 Å². The standard InChI is InChI=1S/C24H27FN6O4/c1-31(10-14-3-5-20-24(28-14)29-21(32)13-35-20)19-12-34-11-18(19)26-8-7-15-16(25)9-27-17-4-6-22(33-2)30-23(15)17/h3-6,9,18-19,26H,7-8,10-13H2,1-2H3,(H,28,29,32). The minimum Gasteiger partial charge on any atom is -0.481 e. The molecule has 0 spiro atoms. The fraction of sp³-hybridized carbons (Fsp3) is 0.417. The number of methoxy groups -OCH3 is 1. The van der Waals surface area contributed by atoms with Gasteiger partial charge in [0.15, 0.2) is 18.2 Å². The molecule has 35 heavy (non-hydrogen) atoms. The third-order valence-corrected chi connectivity index (χ3v) is 6.29. The number of pyridine rings is 3. The van der Waals surface area contributed by atoms with Gasteiger partial charge < -0.3 is 24.8 Å². The van der Waals surface area contributed by atoms with Crippen LogP contribution in [0.15, 0.2) is 30.5 Å². The van der Waals surface area contributed by atoms with E-state index in [1.807, 2.05) is 19.2 Å². The lowest BCUT2D eigenvalue weighted by Crippen LogP contribution is -2.48. The van der Waals surface area contributed by atoms with Gasteiger partial charge in [0.2, 0.25) is 5.88 Å². The normalized spacial score (nSPS) is 19.5. The maximum absolute atomic E-state index is 14.6. The number of amides is 1. The summed E-state index contributed by atoms with van der Waals surface area (Å²) in [5.74, 6) is 0.845. The molecule has 1 amide bonds. The van der Waals surface area contributed by atoms with E-state index in [0.717, 1.165) is 5.69 Å². The monoisotopic (exact) mass is 482 g/mol. The van der Waals surface area contributed by atoms with Gasteiger partial charge in [-0.2, -0.15) is 0 Å². The van der Waals surface area contributed by atoms with Crippen molar-refractivity contribution in [3.8, 4) is 11.6 Å². The van der Waals surface area contributed by atoms with Gasteiger partial charge in [0, 0.05) is 24.2 Å². The van der Waals surface area contributed by atoms with Crippen LogP contribution in [0.4, 0.5) is 10.2 Å². The van der Waals surface area contributed by atoms with Crippen LogP contribution in [-0.2, 0) is 22.5 Å². The van der Waals surface area contributed by atoms with E-state index in [0.29, 0.717) is 66.8 Å². The molecule has 5 rings (SSSR count). The second-order valence-corrected chi connectivity index (χ2v) is 8.62. The smallest absolute Gasteiger partial charge is 0.263 e. The van der Waals surface area contributed by atoms with Crippen molar-refractivity contribution in [2.75, 3.05) is 45.8 Å². The van der Waals surface area contributed by atoms with Crippen molar-refractivity contribution in [3.05, 3.63) is 47.5 Å². The van der Waals surface area contributed by atoms with Crippen LogP contribution in [0.1, 0.15) is 11.3 Å². The number of ether oxygens (including phenoxy) is 3. The Morgan fingerprint density at radius 1 is 1.26 bits per heavy atom. The summed E-state index contributed by atoms with van der Waals surface area (Å²) in [7, 11) is 3.54. The predicted octanol–water partition coefficient (Wildman–Crippen LogP) is 1.53. The molecule has 11 heteroatoms. The van der Waals surface area contributed by atoms with Crippen LogP contribution in [0.2, 0.25) is 0 Å². The molecule has 2 aliphatic heterocycles.